The molecule has 0 amide bonds. The highest BCUT2D eigenvalue weighted by atomic mass is 16.5. The monoisotopic (exact) mass is 297 g/mol. The molecule has 1 aliphatic rings. The maximum Gasteiger partial charge on any atom is 0.0991 e. The Bertz CT molecular complexity index is 491. The molecule has 0 heterocycles. The third-order valence-electron chi connectivity index (χ3n) is 4.87. The Hall–Kier alpha value is -1.59. The Morgan fingerprint density at radius 1 is 1.27 bits per heavy atom. The van der Waals surface area contributed by atoms with Crippen molar-refractivity contribution in [2.75, 3.05) is 6.61 Å². The number of ether oxygens (including phenoxy) is 1. The van der Waals surface area contributed by atoms with E-state index in [2.05, 4.69) is 31.7 Å². The van der Waals surface area contributed by atoms with Gasteiger partial charge in [0.05, 0.1) is 24.3 Å². The predicted molar refractivity (Wildman–Crippen MR) is 90.7 cm³/mol. The van der Waals surface area contributed by atoms with Gasteiger partial charge in [0.15, 0.2) is 0 Å². The van der Waals surface area contributed by atoms with Gasteiger partial charge in [0.1, 0.15) is 0 Å². The van der Waals surface area contributed by atoms with Crippen LogP contribution in [0.5, 0.6) is 0 Å². The summed E-state index contributed by atoms with van der Waals surface area (Å²) in [5.74, 6) is 1.35. The molecule has 0 radical (unpaired) electrons. The van der Waals surface area contributed by atoms with Gasteiger partial charge in [0, 0.05) is 0 Å². The summed E-state index contributed by atoms with van der Waals surface area (Å²) >= 11 is 0. The molecule has 118 valence electrons. The summed E-state index contributed by atoms with van der Waals surface area (Å²) < 4.78 is 6.04. The smallest absolute Gasteiger partial charge is 0.0991 e. The first kappa shape index (κ1) is 16.8. The van der Waals surface area contributed by atoms with Crippen molar-refractivity contribution in [1.82, 2.24) is 0 Å². The van der Waals surface area contributed by atoms with Crippen molar-refractivity contribution in [3.05, 3.63) is 48.0 Å². The van der Waals surface area contributed by atoms with Crippen LogP contribution in [0.1, 0.15) is 62.5 Å². The highest BCUT2D eigenvalue weighted by Crippen LogP contribution is 2.38. The number of rotatable bonds is 7. The molecule has 0 spiro atoms. The lowest BCUT2D eigenvalue weighted by Crippen LogP contribution is -2.27. The summed E-state index contributed by atoms with van der Waals surface area (Å²) in [4.78, 5) is 0. The molecular formula is C20H27NO. The molecule has 1 aromatic carbocycles. The molecule has 1 unspecified atom stereocenters. The molecule has 22 heavy (non-hydrogen) atoms. The van der Waals surface area contributed by atoms with E-state index in [0.717, 1.165) is 25.0 Å². The summed E-state index contributed by atoms with van der Waals surface area (Å²) in [6, 6.07) is 10.3. The second-order valence-electron chi connectivity index (χ2n) is 6.24. The van der Waals surface area contributed by atoms with E-state index in [-0.39, 0.29) is 0 Å². The van der Waals surface area contributed by atoms with Gasteiger partial charge < -0.3 is 4.74 Å². The fourth-order valence-corrected chi connectivity index (χ4v) is 3.54. The quantitative estimate of drug-likeness (QED) is 0.511. The highest BCUT2D eigenvalue weighted by molar-refractivity contribution is 5.33. The van der Waals surface area contributed by atoms with Crippen molar-refractivity contribution in [2.45, 2.75) is 57.5 Å². The van der Waals surface area contributed by atoms with Crippen LogP contribution in [-0.2, 0) is 4.74 Å². The van der Waals surface area contributed by atoms with Crippen LogP contribution in [0.4, 0.5) is 0 Å². The molecule has 1 saturated carbocycles. The minimum atomic E-state index is 0.405. The zero-order valence-electron chi connectivity index (χ0n) is 13.6. The van der Waals surface area contributed by atoms with E-state index < -0.39 is 0 Å². The first-order valence-corrected chi connectivity index (χ1v) is 8.51. The van der Waals surface area contributed by atoms with E-state index in [0.29, 0.717) is 17.9 Å². The predicted octanol–water partition coefficient (Wildman–Crippen LogP) is 5.20. The molecule has 1 aliphatic carbocycles. The Labute approximate surface area is 134 Å². The SMILES string of the molecule is C=CCCOC(CC)[C@H]1CC[C@H](c2ccc(C#N)cc2)CC1. The fraction of sp³-hybridized carbons (Fsp3) is 0.550. The first-order valence-electron chi connectivity index (χ1n) is 8.51. The van der Waals surface area contributed by atoms with Crippen LogP contribution in [0.2, 0.25) is 0 Å². The van der Waals surface area contributed by atoms with Gasteiger partial charge in [-0.05, 0) is 68.1 Å². The van der Waals surface area contributed by atoms with Gasteiger partial charge in [-0.2, -0.15) is 5.26 Å². The van der Waals surface area contributed by atoms with E-state index in [9.17, 15) is 0 Å². The average Bonchev–Trinajstić information content (AvgIpc) is 2.59. The standard InChI is InChI=1S/C20H27NO/c1-3-5-14-22-20(4-2)19-12-10-18(11-13-19)17-8-6-16(15-21)7-9-17/h3,6-9,18-20H,1,4-5,10-14H2,2H3/t18-,19-,20?. The van der Waals surface area contributed by atoms with Crippen LogP contribution in [0.25, 0.3) is 0 Å². The van der Waals surface area contributed by atoms with Gasteiger partial charge in [-0.15, -0.1) is 6.58 Å². The minimum absolute atomic E-state index is 0.405. The summed E-state index contributed by atoms with van der Waals surface area (Å²) in [5, 5.41) is 8.88. The van der Waals surface area contributed by atoms with E-state index in [1.54, 1.807) is 0 Å². The molecule has 1 aromatic rings. The molecule has 0 aliphatic heterocycles. The van der Waals surface area contributed by atoms with Crippen molar-refractivity contribution in [3.8, 4) is 6.07 Å². The minimum Gasteiger partial charge on any atom is -0.378 e. The van der Waals surface area contributed by atoms with E-state index in [1.165, 1.54) is 31.2 Å². The van der Waals surface area contributed by atoms with Crippen LogP contribution in [0.3, 0.4) is 0 Å². The maximum atomic E-state index is 8.88. The Kier molecular flexibility index (Phi) is 6.68. The molecule has 1 fully saturated rings. The van der Waals surface area contributed by atoms with Crippen molar-refractivity contribution >= 4 is 0 Å². The van der Waals surface area contributed by atoms with Crippen LogP contribution in [0, 0.1) is 17.2 Å². The van der Waals surface area contributed by atoms with Gasteiger partial charge in [-0.3, -0.25) is 0 Å². The van der Waals surface area contributed by atoms with Crippen molar-refractivity contribution < 1.29 is 4.74 Å². The van der Waals surface area contributed by atoms with Gasteiger partial charge in [-0.1, -0.05) is 25.1 Å². The lowest BCUT2D eigenvalue weighted by atomic mass is 9.76. The number of nitrogens with zero attached hydrogens (tertiary/aromatic N) is 1. The van der Waals surface area contributed by atoms with Gasteiger partial charge in [-0.25, -0.2) is 0 Å². The summed E-state index contributed by atoms with van der Waals surface area (Å²) in [6.07, 6.45) is 9.33. The molecule has 0 bridgehead atoms. The van der Waals surface area contributed by atoms with Gasteiger partial charge in [0.25, 0.3) is 0 Å². The van der Waals surface area contributed by atoms with Crippen molar-refractivity contribution in [1.29, 1.82) is 5.26 Å². The molecule has 0 saturated heterocycles. The second kappa shape index (κ2) is 8.76. The summed E-state index contributed by atoms with van der Waals surface area (Å²) in [6.45, 7) is 6.78. The number of hydrogen-bond donors (Lipinski definition) is 0. The average molecular weight is 297 g/mol. The lowest BCUT2D eigenvalue weighted by Gasteiger charge is -2.33. The molecule has 2 heteroatoms. The number of benzene rings is 1. The molecule has 0 N–H and O–H groups in total. The highest BCUT2D eigenvalue weighted by Gasteiger charge is 2.27. The molecule has 0 aromatic heterocycles. The lowest BCUT2D eigenvalue weighted by molar-refractivity contribution is -0.00122. The maximum absolute atomic E-state index is 8.88. The molecule has 2 nitrogen and oxygen atoms in total. The third kappa shape index (κ3) is 4.45. The first-order chi connectivity index (χ1) is 10.8. The summed E-state index contributed by atoms with van der Waals surface area (Å²) in [7, 11) is 0. The fourth-order valence-electron chi connectivity index (χ4n) is 3.54. The van der Waals surface area contributed by atoms with E-state index in [1.807, 2.05) is 18.2 Å². The van der Waals surface area contributed by atoms with E-state index in [4.69, 9.17) is 10.00 Å². The van der Waals surface area contributed by atoms with Crippen LogP contribution < -0.4 is 0 Å². The van der Waals surface area contributed by atoms with Crippen molar-refractivity contribution in [2.24, 2.45) is 5.92 Å². The Morgan fingerprint density at radius 2 is 1.95 bits per heavy atom. The van der Waals surface area contributed by atoms with Gasteiger partial charge in [0.2, 0.25) is 0 Å². The second-order valence-corrected chi connectivity index (χ2v) is 6.24. The Balaban J connectivity index is 1.85. The summed E-state index contributed by atoms with van der Waals surface area (Å²) in [5.41, 5.74) is 2.14. The topological polar surface area (TPSA) is 33.0 Å². The van der Waals surface area contributed by atoms with Crippen LogP contribution >= 0.6 is 0 Å². The largest absolute Gasteiger partial charge is 0.378 e. The number of hydrogen-bond acceptors (Lipinski definition) is 2. The third-order valence-corrected chi connectivity index (χ3v) is 4.87. The van der Waals surface area contributed by atoms with Crippen LogP contribution in [-0.4, -0.2) is 12.7 Å². The number of nitriles is 1. The molecule has 1 atom stereocenters. The van der Waals surface area contributed by atoms with Crippen molar-refractivity contribution in [3.63, 3.8) is 0 Å². The van der Waals surface area contributed by atoms with Gasteiger partial charge >= 0.3 is 0 Å². The van der Waals surface area contributed by atoms with Crippen LogP contribution in [0.15, 0.2) is 36.9 Å². The Morgan fingerprint density at radius 3 is 2.50 bits per heavy atom. The zero-order chi connectivity index (χ0) is 15.8. The normalized spacial score (nSPS) is 22.7. The zero-order valence-corrected chi connectivity index (χ0v) is 13.6. The molecular weight excluding hydrogens is 270 g/mol. The molecule has 2 rings (SSSR count). The van der Waals surface area contributed by atoms with E-state index >= 15 is 0 Å².